The molecule has 1 aliphatic carbocycles. The molecule has 2 fully saturated rings. The highest BCUT2D eigenvalue weighted by molar-refractivity contribution is 6.53. The molecule has 14 heavy (non-hydrogen) atoms. The van der Waals surface area contributed by atoms with Crippen LogP contribution in [0.15, 0.2) is 0 Å². The van der Waals surface area contributed by atoms with E-state index in [9.17, 15) is 4.79 Å². The lowest BCUT2D eigenvalue weighted by Crippen LogP contribution is -2.47. The fourth-order valence-electron chi connectivity index (χ4n) is 2.95. The van der Waals surface area contributed by atoms with Gasteiger partial charge in [0.2, 0.25) is 0 Å². The van der Waals surface area contributed by atoms with Crippen molar-refractivity contribution in [2.75, 3.05) is 6.54 Å². The lowest BCUT2D eigenvalue weighted by atomic mass is 9.94. The van der Waals surface area contributed by atoms with E-state index in [4.69, 9.17) is 23.2 Å². The standard InChI is InChI=1S/C10H15Cl2NO/c11-8(12)9(14)13-7-3-6-10(13)4-1-2-5-10/h8H,1-7H2. The van der Waals surface area contributed by atoms with Gasteiger partial charge < -0.3 is 4.90 Å². The molecule has 0 aromatic rings. The van der Waals surface area contributed by atoms with E-state index in [1.165, 1.54) is 12.8 Å². The lowest BCUT2D eigenvalue weighted by molar-refractivity contribution is -0.133. The molecule has 0 unspecified atom stereocenters. The number of likely N-dealkylation sites (tertiary alicyclic amines) is 1. The molecule has 1 spiro atoms. The van der Waals surface area contributed by atoms with Gasteiger partial charge in [-0.05, 0) is 25.7 Å². The zero-order valence-corrected chi connectivity index (χ0v) is 9.65. The summed E-state index contributed by atoms with van der Waals surface area (Å²) in [5, 5.41) is 0. The van der Waals surface area contributed by atoms with E-state index < -0.39 is 4.84 Å². The minimum Gasteiger partial charge on any atom is -0.335 e. The second-order valence-corrected chi connectivity index (χ2v) is 5.42. The molecule has 0 atom stereocenters. The van der Waals surface area contributed by atoms with Crippen molar-refractivity contribution in [3.63, 3.8) is 0 Å². The Kier molecular flexibility index (Phi) is 2.94. The van der Waals surface area contributed by atoms with Gasteiger partial charge >= 0.3 is 0 Å². The van der Waals surface area contributed by atoms with Gasteiger partial charge in [-0.2, -0.15) is 0 Å². The third-order valence-corrected chi connectivity index (χ3v) is 3.96. The molecule has 80 valence electrons. The highest BCUT2D eigenvalue weighted by atomic mass is 35.5. The molecule has 1 aliphatic heterocycles. The zero-order chi connectivity index (χ0) is 10.2. The number of rotatable bonds is 1. The molecule has 0 aromatic carbocycles. The Morgan fingerprint density at radius 3 is 2.29 bits per heavy atom. The average molecular weight is 236 g/mol. The van der Waals surface area contributed by atoms with Crippen molar-refractivity contribution in [3.05, 3.63) is 0 Å². The van der Waals surface area contributed by atoms with Crippen molar-refractivity contribution in [1.29, 1.82) is 0 Å². The van der Waals surface area contributed by atoms with Gasteiger partial charge in [0, 0.05) is 12.1 Å². The first-order valence-electron chi connectivity index (χ1n) is 5.25. The number of amides is 1. The fourth-order valence-corrected chi connectivity index (χ4v) is 3.19. The maximum absolute atomic E-state index is 11.8. The predicted octanol–water partition coefficient (Wildman–Crippen LogP) is 2.73. The van der Waals surface area contributed by atoms with E-state index in [0.29, 0.717) is 0 Å². The number of nitrogens with zero attached hydrogens (tertiary/aromatic N) is 1. The van der Waals surface area contributed by atoms with Crippen molar-refractivity contribution >= 4 is 29.1 Å². The summed E-state index contributed by atoms with van der Waals surface area (Å²) >= 11 is 11.3. The van der Waals surface area contributed by atoms with Crippen LogP contribution in [0.25, 0.3) is 0 Å². The smallest absolute Gasteiger partial charge is 0.256 e. The molecule has 1 amide bonds. The van der Waals surface area contributed by atoms with Crippen LogP contribution >= 0.6 is 23.2 Å². The van der Waals surface area contributed by atoms with Crippen LogP contribution in [0.4, 0.5) is 0 Å². The summed E-state index contributed by atoms with van der Waals surface area (Å²) in [6.07, 6.45) is 6.99. The Hall–Kier alpha value is 0.0500. The molecule has 0 radical (unpaired) electrons. The van der Waals surface area contributed by atoms with Crippen LogP contribution in [0.1, 0.15) is 38.5 Å². The van der Waals surface area contributed by atoms with Crippen LogP contribution in [-0.4, -0.2) is 27.7 Å². The Labute approximate surface area is 94.5 Å². The monoisotopic (exact) mass is 235 g/mol. The van der Waals surface area contributed by atoms with Crippen LogP contribution in [0.3, 0.4) is 0 Å². The molecule has 1 saturated carbocycles. The summed E-state index contributed by atoms with van der Waals surface area (Å²) in [6, 6.07) is 0. The summed E-state index contributed by atoms with van der Waals surface area (Å²) in [4.78, 5) is 12.8. The third-order valence-electron chi connectivity index (χ3n) is 3.58. The Morgan fingerprint density at radius 1 is 1.14 bits per heavy atom. The first kappa shape index (κ1) is 10.6. The maximum atomic E-state index is 11.8. The van der Waals surface area contributed by atoms with Crippen molar-refractivity contribution < 1.29 is 4.79 Å². The highest BCUT2D eigenvalue weighted by Crippen LogP contribution is 2.43. The Bertz CT molecular complexity index is 231. The average Bonchev–Trinajstić information content (AvgIpc) is 2.76. The Morgan fingerprint density at radius 2 is 1.71 bits per heavy atom. The SMILES string of the molecule is O=C(C(Cl)Cl)N1CCCC12CCCC2. The second-order valence-electron chi connectivity index (χ2n) is 4.33. The molecule has 1 saturated heterocycles. The van der Waals surface area contributed by atoms with Crippen molar-refractivity contribution in [2.45, 2.75) is 48.9 Å². The topological polar surface area (TPSA) is 20.3 Å². The first-order valence-corrected chi connectivity index (χ1v) is 6.13. The zero-order valence-electron chi connectivity index (χ0n) is 8.14. The molecule has 0 bridgehead atoms. The van der Waals surface area contributed by atoms with Gasteiger partial charge in [-0.3, -0.25) is 4.79 Å². The molecular formula is C10H15Cl2NO. The number of hydrogen-bond acceptors (Lipinski definition) is 1. The Balaban J connectivity index is 2.14. The summed E-state index contributed by atoms with van der Waals surface area (Å²) in [5.74, 6) is -0.0901. The minimum atomic E-state index is -0.884. The van der Waals surface area contributed by atoms with E-state index >= 15 is 0 Å². The van der Waals surface area contributed by atoms with Gasteiger partial charge in [0.05, 0.1) is 0 Å². The quantitative estimate of drug-likeness (QED) is 0.641. The predicted molar refractivity (Wildman–Crippen MR) is 57.6 cm³/mol. The summed E-state index contributed by atoms with van der Waals surface area (Å²) in [6.45, 7) is 0.842. The van der Waals surface area contributed by atoms with Gasteiger partial charge in [-0.25, -0.2) is 0 Å². The number of carbonyl (C=O) groups is 1. The molecule has 2 rings (SSSR count). The molecule has 2 nitrogen and oxygen atoms in total. The first-order chi connectivity index (χ1) is 6.66. The van der Waals surface area contributed by atoms with Crippen LogP contribution in [0.2, 0.25) is 0 Å². The fraction of sp³-hybridized carbons (Fsp3) is 0.900. The van der Waals surface area contributed by atoms with Crippen LogP contribution in [0, 0.1) is 0 Å². The van der Waals surface area contributed by atoms with Crippen molar-refractivity contribution in [2.24, 2.45) is 0 Å². The van der Waals surface area contributed by atoms with Crippen LogP contribution in [-0.2, 0) is 4.79 Å². The summed E-state index contributed by atoms with van der Waals surface area (Å²) in [5.41, 5.74) is 0.124. The van der Waals surface area contributed by atoms with E-state index in [1.54, 1.807) is 0 Å². The third kappa shape index (κ3) is 1.63. The molecule has 4 heteroatoms. The second kappa shape index (κ2) is 3.90. The maximum Gasteiger partial charge on any atom is 0.256 e. The van der Waals surface area contributed by atoms with Gasteiger partial charge in [-0.1, -0.05) is 36.0 Å². The number of alkyl halides is 2. The van der Waals surface area contributed by atoms with Crippen molar-refractivity contribution in [3.8, 4) is 0 Å². The molecular weight excluding hydrogens is 221 g/mol. The van der Waals surface area contributed by atoms with Gasteiger partial charge in [0.15, 0.2) is 4.84 Å². The molecule has 0 N–H and O–H groups in total. The van der Waals surface area contributed by atoms with E-state index in [-0.39, 0.29) is 11.4 Å². The summed E-state index contributed by atoms with van der Waals surface area (Å²) in [7, 11) is 0. The van der Waals surface area contributed by atoms with Gasteiger partial charge in [-0.15, -0.1) is 0 Å². The largest absolute Gasteiger partial charge is 0.335 e. The van der Waals surface area contributed by atoms with Gasteiger partial charge in [0.25, 0.3) is 5.91 Å². The van der Waals surface area contributed by atoms with Crippen LogP contribution in [0.5, 0.6) is 0 Å². The van der Waals surface area contributed by atoms with E-state index in [0.717, 1.165) is 32.2 Å². The normalized spacial score (nSPS) is 25.2. The molecule has 0 aromatic heterocycles. The summed E-state index contributed by atoms with van der Waals surface area (Å²) < 4.78 is 0. The molecule has 1 heterocycles. The van der Waals surface area contributed by atoms with E-state index in [2.05, 4.69) is 0 Å². The number of halogens is 2. The lowest BCUT2D eigenvalue weighted by Gasteiger charge is -2.35. The molecule has 2 aliphatic rings. The number of carbonyl (C=O) groups excluding carboxylic acids is 1. The van der Waals surface area contributed by atoms with Crippen LogP contribution < -0.4 is 0 Å². The highest BCUT2D eigenvalue weighted by Gasteiger charge is 2.46. The minimum absolute atomic E-state index is 0.0901. The van der Waals surface area contributed by atoms with Gasteiger partial charge in [0.1, 0.15) is 0 Å². The van der Waals surface area contributed by atoms with E-state index in [1.807, 2.05) is 4.90 Å². The number of hydrogen-bond donors (Lipinski definition) is 0. The van der Waals surface area contributed by atoms with Crippen molar-refractivity contribution in [1.82, 2.24) is 4.90 Å².